The molecule has 1 heterocycles. The van der Waals surface area contributed by atoms with Gasteiger partial charge in [-0.25, -0.2) is 4.79 Å². The smallest absolute Gasteiger partial charge is 0.347 e. The first-order valence-corrected chi connectivity index (χ1v) is 7.14. The van der Waals surface area contributed by atoms with Crippen LogP contribution in [-0.4, -0.2) is 29.7 Å². The lowest BCUT2D eigenvalue weighted by molar-refractivity contribution is -0.153. The Morgan fingerprint density at radius 1 is 1.39 bits per heavy atom. The first kappa shape index (κ1) is 16.8. The SMILES string of the molecule is Cc1cc(NC(=O)COC(=O)C(C)Oc2cccc(Cl)c2)no1. The van der Waals surface area contributed by atoms with Crippen LogP contribution in [0, 0.1) is 6.92 Å². The molecule has 1 atom stereocenters. The van der Waals surface area contributed by atoms with E-state index in [1.165, 1.54) is 6.92 Å². The first-order valence-electron chi connectivity index (χ1n) is 6.76. The highest BCUT2D eigenvalue weighted by atomic mass is 35.5. The van der Waals surface area contributed by atoms with Crippen LogP contribution in [0.25, 0.3) is 0 Å². The van der Waals surface area contributed by atoms with Crippen molar-refractivity contribution in [2.75, 3.05) is 11.9 Å². The number of hydrogen-bond acceptors (Lipinski definition) is 6. The second-order valence-corrected chi connectivity index (χ2v) is 5.13. The van der Waals surface area contributed by atoms with Gasteiger partial charge in [-0.2, -0.15) is 0 Å². The topological polar surface area (TPSA) is 90.7 Å². The first-order chi connectivity index (χ1) is 10.9. The highest BCUT2D eigenvalue weighted by Gasteiger charge is 2.18. The number of halogens is 1. The van der Waals surface area contributed by atoms with Gasteiger partial charge in [-0.1, -0.05) is 22.8 Å². The molecule has 8 heteroatoms. The van der Waals surface area contributed by atoms with Crippen LogP contribution in [0.15, 0.2) is 34.9 Å². The Balaban J connectivity index is 1.78. The molecule has 0 radical (unpaired) electrons. The molecule has 1 N–H and O–H groups in total. The summed E-state index contributed by atoms with van der Waals surface area (Å²) in [4.78, 5) is 23.4. The Morgan fingerprint density at radius 2 is 2.17 bits per heavy atom. The second kappa shape index (κ2) is 7.64. The number of carbonyl (C=O) groups excluding carboxylic acids is 2. The number of carbonyl (C=O) groups is 2. The lowest BCUT2D eigenvalue weighted by Crippen LogP contribution is -2.29. The molecule has 122 valence electrons. The van der Waals surface area contributed by atoms with E-state index >= 15 is 0 Å². The number of aryl methyl sites for hydroxylation is 1. The standard InChI is InChI=1S/C15H15ClN2O5/c1-9-6-13(18-23-9)17-14(19)8-21-15(20)10(2)22-12-5-3-4-11(16)7-12/h3-7,10H,8H2,1-2H3,(H,17,18,19). The summed E-state index contributed by atoms with van der Waals surface area (Å²) in [5.74, 6) is 0.0511. The van der Waals surface area contributed by atoms with Gasteiger partial charge in [0, 0.05) is 11.1 Å². The van der Waals surface area contributed by atoms with Gasteiger partial charge in [0.2, 0.25) is 0 Å². The molecule has 0 spiro atoms. The molecule has 23 heavy (non-hydrogen) atoms. The monoisotopic (exact) mass is 338 g/mol. The summed E-state index contributed by atoms with van der Waals surface area (Å²) >= 11 is 5.83. The number of rotatable bonds is 6. The normalized spacial score (nSPS) is 11.6. The van der Waals surface area contributed by atoms with Gasteiger partial charge in [0.15, 0.2) is 18.5 Å². The molecule has 0 aliphatic rings. The molecule has 1 aromatic carbocycles. The zero-order valence-electron chi connectivity index (χ0n) is 12.5. The number of amides is 1. The molecule has 0 saturated heterocycles. The van der Waals surface area contributed by atoms with Crippen LogP contribution in [0.5, 0.6) is 5.75 Å². The van der Waals surface area contributed by atoms with Crippen molar-refractivity contribution in [3.63, 3.8) is 0 Å². The fourth-order valence-corrected chi connectivity index (χ4v) is 1.83. The van der Waals surface area contributed by atoms with Crippen molar-refractivity contribution in [2.45, 2.75) is 20.0 Å². The quantitative estimate of drug-likeness (QED) is 0.814. The van der Waals surface area contributed by atoms with E-state index in [4.69, 9.17) is 25.6 Å². The van der Waals surface area contributed by atoms with Crippen LogP contribution in [0.2, 0.25) is 5.02 Å². The van der Waals surface area contributed by atoms with Crippen LogP contribution in [0.1, 0.15) is 12.7 Å². The third kappa shape index (κ3) is 5.30. The summed E-state index contributed by atoms with van der Waals surface area (Å²) in [6.45, 7) is 2.76. The molecule has 2 aromatic rings. The summed E-state index contributed by atoms with van der Waals surface area (Å²) < 4.78 is 15.1. The van der Waals surface area contributed by atoms with Gasteiger partial charge in [-0.15, -0.1) is 0 Å². The van der Waals surface area contributed by atoms with E-state index in [1.807, 2.05) is 0 Å². The maximum atomic E-state index is 11.8. The van der Waals surface area contributed by atoms with Gasteiger partial charge >= 0.3 is 5.97 Å². The lowest BCUT2D eigenvalue weighted by Gasteiger charge is -2.13. The van der Waals surface area contributed by atoms with Crippen LogP contribution in [0.4, 0.5) is 5.82 Å². The van der Waals surface area contributed by atoms with Gasteiger partial charge in [0.1, 0.15) is 11.5 Å². The van der Waals surface area contributed by atoms with E-state index in [0.29, 0.717) is 16.5 Å². The molecule has 2 rings (SSSR count). The highest BCUT2D eigenvalue weighted by Crippen LogP contribution is 2.18. The number of nitrogens with one attached hydrogen (secondary N) is 1. The number of ether oxygens (including phenoxy) is 2. The Bertz CT molecular complexity index is 701. The number of benzene rings is 1. The summed E-state index contributed by atoms with van der Waals surface area (Å²) in [5.41, 5.74) is 0. The molecule has 1 amide bonds. The molecule has 0 bridgehead atoms. The van der Waals surface area contributed by atoms with Crippen molar-refractivity contribution in [2.24, 2.45) is 0 Å². The number of nitrogens with zero attached hydrogens (tertiary/aromatic N) is 1. The number of esters is 1. The maximum Gasteiger partial charge on any atom is 0.347 e. The third-order valence-corrected chi connectivity index (χ3v) is 2.92. The molecular formula is C15H15ClN2O5. The molecule has 7 nitrogen and oxygen atoms in total. The minimum Gasteiger partial charge on any atom is -0.479 e. The summed E-state index contributed by atoms with van der Waals surface area (Å²) in [6.07, 6.45) is -0.879. The van der Waals surface area contributed by atoms with E-state index in [9.17, 15) is 9.59 Å². The Hall–Kier alpha value is -2.54. The van der Waals surface area contributed by atoms with Crippen molar-refractivity contribution < 1.29 is 23.6 Å². The molecule has 0 aliphatic carbocycles. The predicted molar refractivity (Wildman–Crippen MR) is 82.4 cm³/mol. The molecule has 1 aromatic heterocycles. The average Bonchev–Trinajstić information content (AvgIpc) is 2.89. The second-order valence-electron chi connectivity index (χ2n) is 4.70. The lowest BCUT2D eigenvalue weighted by atomic mass is 10.3. The Labute approximate surface area is 137 Å². The van der Waals surface area contributed by atoms with Gasteiger partial charge < -0.3 is 19.3 Å². The largest absolute Gasteiger partial charge is 0.479 e. The van der Waals surface area contributed by atoms with E-state index in [1.54, 1.807) is 37.3 Å². The third-order valence-electron chi connectivity index (χ3n) is 2.68. The van der Waals surface area contributed by atoms with Gasteiger partial charge in [0.05, 0.1) is 0 Å². The minimum atomic E-state index is -0.879. The molecule has 0 fully saturated rings. The van der Waals surface area contributed by atoms with Crippen LogP contribution < -0.4 is 10.1 Å². The molecular weight excluding hydrogens is 324 g/mol. The Morgan fingerprint density at radius 3 is 2.83 bits per heavy atom. The van der Waals surface area contributed by atoms with Crippen molar-refractivity contribution in [3.05, 3.63) is 41.1 Å². The summed E-state index contributed by atoms with van der Waals surface area (Å²) in [5, 5.41) is 6.52. The molecule has 1 unspecified atom stereocenters. The number of hydrogen-bond donors (Lipinski definition) is 1. The summed E-state index contributed by atoms with van der Waals surface area (Å²) in [7, 11) is 0. The van der Waals surface area contributed by atoms with Crippen LogP contribution in [0.3, 0.4) is 0 Å². The maximum absolute atomic E-state index is 11.8. The predicted octanol–water partition coefficient (Wildman–Crippen LogP) is 2.59. The van der Waals surface area contributed by atoms with Crippen LogP contribution in [-0.2, 0) is 14.3 Å². The van der Waals surface area contributed by atoms with E-state index < -0.39 is 24.6 Å². The van der Waals surface area contributed by atoms with Crippen molar-refractivity contribution in [1.82, 2.24) is 5.16 Å². The van der Waals surface area contributed by atoms with E-state index in [0.717, 1.165) is 0 Å². The highest BCUT2D eigenvalue weighted by molar-refractivity contribution is 6.30. The van der Waals surface area contributed by atoms with Gasteiger partial charge in [0.25, 0.3) is 5.91 Å². The van der Waals surface area contributed by atoms with Crippen LogP contribution >= 0.6 is 11.6 Å². The van der Waals surface area contributed by atoms with Crippen molar-refractivity contribution in [1.29, 1.82) is 0 Å². The van der Waals surface area contributed by atoms with Gasteiger partial charge in [-0.05, 0) is 32.0 Å². The number of aromatic nitrogens is 1. The van der Waals surface area contributed by atoms with Gasteiger partial charge in [-0.3, -0.25) is 4.79 Å². The van der Waals surface area contributed by atoms with Crippen molar-refractivity contribution in [3.8, 4) is 5.75 Å². The molecule has 0 saturated carbocycles. The average molecular weight is 339 g/mol. The minimum absolute atomic E-state index is 0.256. The van der Waals surface area contributed by atoms with Crippen molar-refractivity contribution >= 4 is 29.3 Å². The zero-order chi connectivity index (χ0) is 16.8. The Kier molecular flexibility index (Phi) is 5.59. The fraction of sp³-hybridized carbons (Fsp3) is 0.267. The fourth-order valence-electron chi connectivity index (χ4n) is 1.65. The van der Waals surface area contributed by atoms with E-state index in [-0.39, 0.29) is 5.82 Å². The number of anilines is 1. The molecule has 0 aliphatic heterocycles. The zero-order valence-corrected chi connectivity index (χ0v) is 13.3. The summed E-state index contributed by atoms with van der Waals surface area (Å²) in [6, 6.07) is 8.17. The van der Waals surface area contributed by atoms with E-state index in [2.05, 4.69) is 10.5 Å².